The molecule has 21 heavy (non-hydrogen) atoms. The Labute approximate surface area is 126 Å². The zero-order chi connectivity index (χ0) is 15.1. The number of nitrogens with zero attached hydrogens (tertiary/aromatic N) is 2. The molecule has 0 amide bonds. The first-order chi connectivity index (χ1) is 10.2. The molecule has 0 aliphatic rings. The first-order valence-corrected chi connectivity index (χ1v) is 7.71. The van der Waals surface area contributed by atoms with E-state index < -0.39 is 6.17 Å². The average Bonchev–Trinajstić information content (AvgIpc) is 2.52. The molecule has 2 aromatic rings. The van der Waals surface area contributed by atoms with Gasteiger partial charge in [0.25, 0.3) is 0 Å². The molecule has 112 valence electrons. The van der Waals surface area contributed by atoms with Gasteiger partial charge < -0.3 is 0 Å². The van der Waals surface area contributed by atoms with Gasteiger partial charge in [-0.15, -0.1) is 0 Å². The quantitative estimate of drug-likeness (QED) is 0.676. The Hall–Kier alpha value is -1.77. The van der Waals surface area contributed by atoms with Crippen molar-refractivity contribution in [1.82, 2.24) is 9.97 Å². The number of unbranched alkanes of at least 4 members (excludes halogenated alkanes) is 1. The molecule has 0 spiro atoms. The molecule has 0 saturated heterocycles. The van der Waals surface area contributed by atoms with Crippen molar-refractivity contribution in [2.45, 2.75) is 52.1 Å². The second-order valence-electron chi connectivity index (χ2n) is 5.53. The monoisotopic (exact) mass is 286 g/mol. The second-order valence-corrected chi connectivity index (χ2v) is 5.53. The van der Waals surface area contributed by atoms with Crippen LogP contribution < -0.4 is 0 Å². The highest BCUT2D eigenvalue weighted by molar-refractivity contribution is 5.55. The van der Waals surface area contributed by atoms with Gasteiger partial charge in [-0.25, -0.2) is 14.4 Å². The lowest BCUT2D eigenvalue weighted by molar-refractivity contribution is 0.297. The summed E-state index contributed by atoms with van der Waals surface area (Å²) in [6, 6.07) is 8.35. The highest BCUT2D eigenvalue weighted by Crippen LogP contribution is 2.17. The van der Waals surface area contributed by atoms with E-state index in [-0.39, 0.29) is 0 Å². The van der Waals surface area contributed by atoms with E-state index in [9.17, 15) is 4.39 Å². The SMILES string of the molecule is CCC(F)CCCCc1ccc(-c2ncc(C)cn2)cc1. The van der Waals surface area contributed by atoms with Crippen molar-refractivity contribution in [2.24, 2.45) is 0 Å². The van der Waals surface area contributed by atoms with Crippen LogP contribution in [0.15, 0.2) is 36.7 Å². The smallest absolute Gasteiger partial charge is 0.159 e. The summed E-state index contributed by atoms with van der Waals surface area (Å²) in [7, 11) is 0. The highest BCUT2D eigenvalue weighted by atomic mass is 19.1. The summed E-state index contributed by atoms with van der Waals surface area (Å²) in [5.41, 5.74) is 3.39. The molecule has 2 rings (SSSR count). The third-order valence-electron chi connectivity index (χ3n) is 3.67. The van der Waals surface area contributed by atoms with Crippen molar-refractivity contribution in [3.63, 3.8) is 0 Å². The summed E-state index contributed by atoms with van der Waals surface area (Å²) in [5, 5.41) is 0. The van der Waals surface area contributed by atoms with Gasteiger partial charge in [0, 0.05) is 18.0 Å². The Morgan fingerprint density at radius 3 is 2.33 bits per heavy atom. The maximum atomic E-state index is 13.1. The molecule has 0 fully saturated rings. The molecule has 1 unspecified atom stereocenters. The van der Waals surface area contributed by atoms with Gasteiger partial charge in [0.05, 0.1) is 6.17 Å². The van der Waals surface area contributed by atoms with Crippen molar-refractivity contribution in [3.8, 4) is 11.4 Å². The fourth-order valence-corrected chi connectivity index (χ4v) is 2.26. The van der Waals surface area contributed by atoms with E-state index in [0.29, 0.717) is 12.8 Å². The molecular formula is C18H23FN2. The summed E-state index contributed by atoms with van der Waals surface area (Å²) in [5.74, 6) is 0.760. The largest absolute Gasteiger partial charge is 0.248 e. The highest BCUT2D eigenvalue weighted by Gasteiger charge is 2.03. The molecule has 1 aromatic heterocycles. The predicted octanol–water partition coefficient (Wildman–Crippen LogP) is 4.91. The van der Waals surface area contributed by atoms with Crippen LogP contribution in [-0.2, 0) is 6.42 Å². The number of rotatable bonds is 7. The van der Waals surface area contributed by atoms with Crippen molar-refractivity contribution < 1.29 is 4.39 Å². The molecule has 0 aliphatic heterocycles. The van der Waals surface area contributed by atoms with Crippen LogP contribution >= 0.6 is 0 Å². The molecule has 0 aliphatic carbocycles. The van der Waals surface area contributed by atoms with Gasteiger partial charge in [-0.3, -0.25) is 0 Å². The number of benzene rings is 1. The molecule has 0 N–H and O–H groups in total. The van der Waals surface area contributed by atoms with Gasteiger partial charge in [-0.1, -0.05) is 37.6 Å². The van der Waals surface area contributed by atoms with Gasteiger partial charge in [0.1, 0.15) is 0 Å². The minimum atomic E-state index is -0.633. The minimum absolute atomic E-state index is 0.630. The van der Waals surface area contributed by atoms with E-state index in [1.807, 2.05) is 26.2 Å². The van der Waals surface area contributed by atoms with Crippen molar-refractivity contribution in [2.75, 3.05) is 0 Å². The maximum absolute atomic E-state index is 13.1. The molecule has 3 heteroatoms. The number of hydrogen-bond acceptors (Lipinski definition) is 2. The summed E-state index contributed by atoms with van der Waals surface area (Å²) in [4.78, 5) is 8.66. The van der Waals surface area contributed by atoms with E-state index in [2.05, 4.69) is 34.2 Å². The van der Waals surface area contributed by atoms with E-state index in [0.717, 1.165) is 36.2 Å². The van der Waals surface area contributed by atoms with Gasteiger partial charge in [-0.2, -0.15) is 0 Å². The zero-order valence-electron chi connectivity index (χ0n) is 12.8. The van der Waals surface area contributed by atoms with E-state index in [4.69, 9.17) is 0 Å². The molecular weight excluding hydrogens is 263 g/mol. The molecule has 2 nitrogen and oxygen atoms in total. The Kier molecular flexibility index (Phi) is 5.85. The van der Waals surface area contributed by atoms with Crippen LogP contribution in [-0.4, -0.2) is 16.1 Å². The molecule has 1 atom stereocenters. The molecule has 0 saturated carbocycles. The minimum Gasteiger partial charge on any atom is -0.248 e. The van der Waals surface area contributed by atoms with Crippen LogP contribution in [0.5, 0.6) is 0 Å². The zero-order valence-corrected chi connectivity index (χ0v) is 12.8. The molecule has 0 bridgehead atoms. The van der Waals surface area contributed by atoms with Crippen LogP contribution in [0.4, 0.5) is 4.39 Å². The standard InChI is InChI=1S/C18H23FN2/c1-3-17(19)7-5-4-6-15-8-10-16(11-9-15)18-20-12-14(2)13-21-18/h8-13,17H,3-7H2,1-2H3. The van der Waals surface area contributed by atoms with Crippen molar-refractivity contribution in [1.29, 1.82) is 0 Å². The van der Waals surface area contributed by atoms with E-state index >= 15 is 0 Å². The molecule has 1 heterocycles. The summed E-state index contributed by atoms with van der Waals surface area (Å²) in [6.45, 7) is 3.88. The number of aryl methyl sites for hydroxylation is 2. The first kappa shape index (κ1) is 15.6. The van der Waals surface area contributed by atoms with Crippen molar-refractivity contribution in [3.05, 3.63) is 47.8 Å². The summed E-state index contributed by atoms with van der Waals surface area (Å²) < 4.78 is 13.1. The van der Waals surface area contributed by atoms with E-state index in [1.54, 1.807) is 0 Å². The van der Waals surface area contributed by atoms with Gasteiger partial charge in [0.2, 0.25) is 0 Å². The lowest BCUT2D eigenvalue weighted by Gasteiger charge is -2.06. The van der Waals surface area contributed by atoms with Crippen LogP contribution in [0.1, 0.15) is 43.7 Å². The van der Waals surface area contributed by atoms with Crippen LogP contribution in [0.3, 0.4) is 0 Å². The third kappa shape index (κ3) is 4.92. The fraction of sp³-hybridized carbons (Fsp3) is 0.444. The Morgan fingerprint density at radius 2 is 1.71 bits per heavy atom. The molecule has 0 radical (unpaired) electrons. The Balaban J connectivity index is 1.86. The number of halogens is 1. The Bertz CT molecular complexity index is 534. The topological polar surface area (TPSA) is 25.8 Å². The van der Waals surface area contributed by atoms with Crippen LogP contribution in [0, 0.1) is 6.92 Å². The fourth-order valence-electron chi connectivity index (χ4n) is 2.26. The number of hydrogen-bond donors (Lipinski definition) is 0. The average molecular weight is 286 g/mol. The maximum Gasteiger partial charge on any atom is 0.159 e. The normalized spacial score (nSPS) is 12.3. The summed E-state index contributed by atoms with van der Waals surface area (Å²) in [6.07, 6.45) is 7.35. The first-order valence-electron chi connectivity index (χ1n) is 7.71. The van der Waals surface area contributed by atoms with Crippen LogP contribution in [0.25, 0.3) is 11.4 Å². The Morgan fingerprint density at radius 1 is 1.05 bits per heavy atom. The number of alkyl halides is 1. The third-order valence-corrected chi connectivity index (χ3v) is 3.67. The molecule has 1 aromatic carbocycles. The van der Waals surface area contributed by atoms with Gasteiger partial charge in [-0.05, 0) is 43.7 Å². The second kappa shape index (κ2) is 7.87. The van der Waals surface area contributed by atoms with Gasteiger partial charge >= 0.3 is 0 Å². The van der Waals surface area contributed by atoms with Crippen molar-refractivity contribution >= 4 is 0 Å². The van der Waals surface area contributed by atoms with E-state index in [1.165, 1.54) is 5.56 Å². The predicted molar refractivity (Wildman–Crippen MR) is 84.9 cm³/mol. The number of aromatic nitrogens is 2. The van der Waals surface area contributed by atoms with Crippen LogP contribution in [0.2, 0.25) is 0 Å². The van der Waals surface area contributed by atoms with Gasteiger partial charge in [0.15, 0.2) is 5.82 Å². The summed E-state index contributed by atoms with van der Waals surface area (Å²) >= 11 is 0. The lowest BCUT2D eigenvalue weighted by atomic mass is 10.0. The lowest BCUT2D eigenvalue weighted by Crippen LogP contribution is -1.97.